The van der Waals surface area contributed by atoms with Gasteiger partial charge < -0.3 is 11.1 Å². The Kier molecular flexibility index (Phi) is 4.68. The van der Waals surface area contributed by atoms with Crippen LogP contribution in [0.15, 0.2) is 17.6 Å². The van der Waals surface area contributed by atoms with E-state index < -0.39 is 0 Å². The SMILES string of the molecule is Cc1ncc(CNC(=O)c2csc(C#CCN)c2)s1. The van der Waals surface area contributed by atoms with Crippen molar-refractivity contribution < 1.29 is 4.79 Å². The molecule has 3 N–H and O–H groups in total. The first-order valence-electron chi connectivity index (χ1n) is 5.66. The van der Waals surface area contributed by atoms with Crippen LogP contribution in [-0.2, 0) is 6.54 Å². The summed E-state index contributed by atoms with van der Waals surface area (Å²) < 4.78 is 0. The largest absolute Gasteiger partial charge is 0.347 e. The van der Waals surface area contributed by atoms with Crippen molar-refractivity contribution in [3.63, 3.8) is 0 Å². The second kappa shape index (κ2) is 6.48. The minimum Gasteiger partial charge on any atom is -0.347 e. The fourth-order valence-electron chi connectivity index (χ4n) is 1.42. The molecule has 0 unspecified atom stereocenters. The van der Waals surface area contributed by atoms with E-state index in [0.29, 0.717) is 18.7 Å². The van der Waals surface area contributed by atoms with Gasteiger partial charge in [0.1, 0.15) is 0 Å². The van der Waals surface area contributed by atoms with Crippen molar-refractivity contribution in [3.8, 4) is 11.8 Å². The molecular weight excluding hydrogens is 278 g/mol. The Bertz CT molecular complexity index is 634. The number of thiazole rings is 1. The van der Waals surface area contributed by atoms with E-state index in [1.165, 1.54) is 11.3 Å². The highest BCUT2D eigenvalue weighted by Gasteiger charge is 2.08. The molecule has 0 fully saturated rings. The molecule has 1 amide bonds. The lowest BCUT2D eigenvalue weighted by Gasteiger charge is -2.00. The van der Waals surface area contributed by atoms with E-state index in [9.17, 15) is 4.79 Å². The van der Waals surface area contributed by atoms with Crippen molar-refractivity contribution in [2.75, 3.05) is 6.54 Å². The van der Waals surface area contributed by atoms with Gasteiger partial charge in [0, 0.05) is 16.5 Å². The summed E-state index contributed by atoms with van der Waals surface area (Å²) in [6.45, 7) is 2.77. The number of nitrogens with two attached hydrogens (primary N) is 1. The second-order valence-corrected chi connectivity index (χ2v) is 5.96. The molecule has 0 saturated carbocycles. The Labute approximate surface area is 119 Å². The molecule has 98 valence electrons. The minimum atomic E-state index is -0.0944. The maximum Gasteiger partial charge on any atom is 0.252 e. The summed E-state index contributed by atoms with van der Waals surface area (Å²) in [7, 11) is 0. The smallest absolute Gasteiger partial charge is 0.252 e. The zero-order chi connectivity index (χ0) is 13.7. The van der Waals surface area contributed by atoms with Crippen LogP contribution in [0, 0.1) is 18.8 Å². The molecule has 4 nitrogen and oxygen atoms in total. The third kappa shape index (κ3) is 3.89. The number of nitrogens with zero attached hydrogens (tertiary/aromatic N) is 1. The summed E-state index contributed by atoms with van der Waals surface area (Å²) in [6.07, 6.45) is 1.78. The predicted molar refractivity (Wildman–Crippen MR) is 78.3 cm³/mol. The number of hydrogen-bond acceptors (Lipinski definition) is 5. The van der Waals surface area contributed by atoms with Gasteiger partial charge in [0.2, 0.25) is 0 Å². The summed E-state index contributed by atoms with van der Waals surface area (Å²) in [5.41, 5.74) is 5.94. The number of hydrogen-bond donors (Lipinski definition) is 2. The van der Waals surface area contributed by atoms with Crippen LogP contribution in [0.4, 0.5) is 0 Å². The normalized spacial score (nSPS) is 9.79. The zero-order valence-corrected chi connectivity index (χ0v) is 12.0. The first-order chi connectivity index (χ1) is 9.19. The predicted octanol–water partition coefficient (Wildman–Crippen LogP) is 1.75. The van der Waals surface area contributed by atoms with Crippen molar-refractivity contribution in [2.24, 2.45) is 5.73 Å². The van der Waals surface area contributed by atoms with Gasteiger partial charge >= 0.3 is 0 Å². The van der Waals surface area contributed by atoms with Gasteiger partial charge in [0.25, 0.3) is 5.91 Å². The highest BCUT2D eigenvalue weighted by atomic mass is 32.1. The Hall–Kier alpha value is -1.68. The average molecular weight is 291 g/mol. The van der Waals surface area contributed by atoms with Gasteiger partial charge in [-0.05, 0) is 13.0 Å². The lowest BCUT2D eigenvalue weighted by Crippen LogP contribution is -2.21. The van der Waals surface area contributed by atoms with Gasteiger partial charge in [-0.15, -0.1) is 22.7 Å². The molecular formula is C13H13N3OS2. The Balaban J connectivity index is 1.94. The molecule has 2 aromatic rings. The van der Waals surface area contributed by atoms with Crippen LogP contribution in [0.25, 0.3) is 0 Å². The summed E-state index contributed by atoms with van der Waals surface area (Å²) in [6, 6.07) is 1.78. The average Bonchev–Trinajstić information content (AvgIpc) is 3.02. The van der Waals surface area contributed by atoms with Gasteiger partial charge in [-0.25, -0.2) is 4.98 Å². The van der Waals surface area contributed by atoms with Crippen molar-refractivity contribution >= 4 is 28.6 Å². The van der Waals surface area contributed by atoms with Crippen LogP contribution < -0.4 is 11.1 Å². The summed E-state index contributed by atoms with van der Waals surface area (Å²) >= 11 is 3.03. The summed E-state index contributed by atoms with van der Waals surface area (Å²) in [5.74, 6) is 5.59. The van der Waals surface area contributed by atoms with Crippen molar-refractivity contribution in [3.05, 3.63) is 38.0 Å². The highest BCUT2D eigenvalue weighted by Crippen LogP contribution is 2.14. The Morgan fingerprint density at radius 2 is 2.42 bits per heavy atom. The van der Waals surface area contributed by atoms with Gasteiger partial charge in [-0.3, -0.25) is 4.79 Å². The molecule has 0 aliphatic rings. The van der Waals surface area contributed by atoms with E-state index in [1.807, 2.05) is 6.92 Å². The van der Waals surface area contributed by atoms with Gasteiger partial charge in [0.05, 0.1) is 28.5 Å². The van der Waals surface area contributed by atoms with E-state index in [1.54, 1.807) is 29.0 Å². The molecule has 0 atom stereocenters. The fraction of sp³-hybridized carbons (Fsp3) is 0.231. The molecule has 2 aromatic heterocycles. The van der Waals surface area contributed by atoms with E-state index >= 15 is 0 Å². The molecule has 0 aliphatic carbocycles. The number of nitrogens with one attached hydrogen (secondary N) is 1. The number of amides is 1. The van der Waals surface area contributed by atoms with Gasteiger partial charge in [-0.1, -0.05) is 11.8 Å². The standard InChI is InChI=1S/C13H13N3OS2/c1-9-15-6-12(19-9)7-16-13(17)10-5-11(18-8-10)3-2-4-14/h5-6,8H,4,7,14H2,1H3,(H,16,17). The molecule has 2 rings (SSSR count). The van der Waals surface area contributed by atoms with E-state index in [0.717, 1.165) is 14.8 Å². The Morgan fingerprint density at radius 3 is 3.11 bits per heavy atom. The lowest BCUT2D eigenvalue weighted by atomic mass is 10.3. The van der Waals surface area contributed by atoms with Gasteiger partial charge in [0.15, 0.2) is 0 Å². The first kappa shape index (κ1) is 13.7. The summed E-state index contributed by atoms with van der Waals surface area (Å²) in [4.78, 5) is 18.0. The molecule has 19 heavy (non-hydrogen) atoms. The van der Waals surface area contributed by atoms with E-state index in [4.69, 9.17) is 5.73 Å². The monoisotopic (exact) mass is 291 g/mol. The number of rotatable bonds is 3. The zero-order valence-electron chi connectivity index (χ0n) is 10.4. The molecule has 0 aromatic carbocycles. The number of carbonyl (C=O) groups excluding carboxylic acids is 1. The lowest BCUT2D eigenvalue weighted by molar-refractivity contribution is 0.0951. The number of aromatic nitrogens is 1. The number of thiophene rings is 1. The van der Waals surface area contributed by atoms with Gasteiger partial charge in [-0.2, -0.15) is 0 Å². The Morgan fingerprint density at radius 1 is 1.58 bits per heavy atom. The maximum absolute atomic E-state index is 11.9. The van der Waals surface area contributed by atoms with Crippen molar-refractivity contribution in [1.82, 2.24) is 10.3 Å². The second-order valence-electron chi connectivity index (χ2n) is 3.73. The van der Waals surface area contributed by atoms with E-state index in [2.05, 4.69) is 22.1 Å². The molecule has 0 aliphatic heterocycles. The fourth-order valence-corrected chi connectivity index (χ4v) is 2.91. The molecule has 2 heterocycles. The molecule has 6 heteroatoms. The summed E-state index contributed by atoms with van der Waals surface area (Å²) in [5, 5.41) is 5.66. The van der Waals surface area contributed by atoms with Crippen LogP contribution in [0.3, 0.4) is 0 Å². The third-order valence-corrected chi connectivity index (χ3v) is 4.03. The molecule has 0 bridgehead atoms. The number of carbonyl (C=O) groups is 1. The molecule has 0 spiro atoms. The van der Waals surface area contributed by atoms with Crippen molar-refractivity contribution in [2.45, 2.75) is 13.5 Å². The third-order valence-electron chi connectivity index (χ3n) is 2.27. The molecule has 0 radical (unpaired) electrons. The van der Waals surface area contributed by atoms with E-state index in [-0.39, 0.29) is 5.91 Å². The highest BCUT2D eigenvalue weighted by molar-refractivity contribution is 7.11. The molecule has 0 saturated heterocycles. The van der Waals surface area contributed by atoms with Crippen LogP contribution in [-0.4, -0.2) is 17.4 Å². The number of aryl methyl sites for hydroxylation is 1. The van der Waals surface area contributed by atoms with Crippen LogP contribution >= 0.6 is 22.7 Å². The van der Waals surface area contributed by atoms with Crippen molar-refractivity contribution in [1.29, 1.82) is 0 Å². The van der Waals surface area contributed by atoms with Crippen LogP contribution in [0.1, 0.15) is 25.1 Å². The van der Waals surface area contributed by atoms with Crippen LogP contribution in [0.5, 0.6) is 0 Å². The topological polar surface area (TPSA) is 68.0 Å². The quantitative estimate of drug-likeness (QED) is 0.847. The van der Waals surface area contributed by atoms with Crippen LogP contribution in [0.2, 0.25) is 0 Å². The minimum absolute atomic E-state index is 0.0944. The maximum atomic E-state index is 11.9. The first-order valence-corrected chi connectivity index (χ1v) is 7.35.